The highest BCUT2D eigenvalue weighted by molar-refractivity contribution is 5.78. The van der Waals surface area contributed by atoms with E-state index in [-0.39, 0.29) is 31.3 Å². The number of carbonyl (C=O) groups is 2. The molecule has 1 atom stereocenters. The van der Waals surface area contributed by atoms with Crippen molar-refractivity contribution in [1.82, 2.24) is 4.90 Å². The Morgan fingerprint density at radius 2 is 1.78 bits per heavy atom. The minimum atomic E-state index is -0.471. The number of hydrogen-bond acceptors (Lipinski definition) is 5. The molecule has 1 fully saturated rings. The minimum absolute atomic E-state index is 0.0378. The second-order valence-electron chi connectivity index (χ2n) is 5.40. The highest BCUT2D eigenvalue weighted by atomic mass is 16.5. The molecule has 1 heterocycles. The molecule has 1 aromatic rings. The maximum atomic E-state index is 11.9. The summed E-state index contributed by atoms with van der Waals surface area (Å²) in [6.07, 6.45) is 2.40. The van der Waals surface area contributed by atoms with Crippen LogP contribution in [0.3, 0.4) is 0 Å². The van der Waals surface area contributed by atoms with E-state index in [4.69, 9.17) is 15.9 Å². The van der Waals surface area contributed by atoms with E-state index in [9.17, 15) is 9.59 Å². The van der Waals surface area contributed by atoms with Gasteiger partial charge >= 0.3 is 5.97 Å². The summed E-state index contributed by atoms with van der Waals surface area (Å²) in [4.78, 5) is 25.4. The van der Waals surface area contributed by atoms with Crippen molar-refractivity contribution in [3.05, 3.63) is 35.9 Å². The van der Waals surface area contributed by atoms with Crippen molar-refractivity contribution in [3.8, 4) is 0 Å². The molecule has 0 aromatic heterocycles. The Kier molecular flexibility index (Phi) is 8.60. The predicted octanol–water partition coefficient (Wildman–Crippen LogP) is 1.73. The van der Waals surface area contributed by atoms with E-state index in [2.05, 4.69) is 6.72 Å². The number of ether oxygens (including phenoxy) is 1. The molecule has 0 saturated carbocycles. The number of nitrogens with zero attached hydrogens (tertiary/aromatic N) is 1. The standard InChI is InChI=1S/C16H22N2O3.CH3N/c17-14(10-15(19)18-8-4-5-9-18)11-16(20)21-12-13-6-2-1-3-7-13;1-2/h1-3,6-7,14H,4-5,8-12,17H2;2H,1H2. The quantitative estimate of drug-likeness (QED) is 0.616. The zero-order valence-corrected chi connectivity index (χ0v) is 13.4. The van der Waals surface area contributed by atoms with E-state index < -0.39 is 6.04 Å². The highest BCUT2D eigenvalue weighted by Crippen LogP contribution is 2.11. The fraction of sp³-hybridized carbons (Fsp3) is 0.471. The Hall–Kier alpha value is -2.21. The third-order valence-corrected chi connectivity index (χ3v) is 3.57. The number of esters is 1. The molecule has 23 heavy (non-hydrogen) atoms. The van der Waals surface area contributed by atoms with Crippen LogP contribution in [0.4, 0.5) is 0 Å². The van der Waals surface area contributed by atoms with Gasteiger partial charge in [0.15, 0.2) is 0 Å². The maximum absolute atomic E-state index is 11.9. The zero-order chi connectivity index (χ0) is 17.1. The lowest BCUT2D eigenvalue weighted by molar-refractivity contribution is -0.145. The molecule has 1 unspecified atom stereocenters. The lowest BCUT2D eigenvalue weighted by Crippen LogP contribution is -2.35. The molecule has 3 N–H and O–H groups in total. The number of amides is 1. The van der Waals surface area contributed by atoms with Crippen LogP contribution in [0, 0.1) is 5.41 Å². The van der Waals surface area contributed by atoms with Crippen LogP contribution < -0.4 is 5.73 Å². The Labute approximate surface area is 137 Å². The molecule has 1 saturated heterocycles. The first kappa shape index (κ1) is 18.8. The van der Waals surface area contributed by atoms with E-state index in [1.807, 2.05) is 35.2 Å². The van der Waals surface area contributed by atoms with Crippen LogP contribution in [0.1, 0.15) is 31.2 Å². The Balaban J connectivity index is 0.00000127. The fourth-order valence-corrected chi connectivity index (χ4v) is 2.40. The fourth-order valence-electron chi connectivity index (χ4n) is 2.40. The van der Waals surface area contributed by atoms with Gasteiger partial charge in [0.2, 0.25) is 5.91 Å². The minimum Gasteiger partial charge on any atom is -0.461 e. The molecule has 6 nitrogen and oxygen atoms in total. The van der Waals surface area contributed by atoms with Gasteiger partial charge < -0.3 is 20.8 Å². The van der Waals surface area contributed by atoms with Crippen LogP contribution in [-0.2, 0) is 20.9 Å². The number of likely N-dealkylation sites (tertiary alicyclic amines) is 1. The summed E-state index contributed by atoms with van der Waals surface area (Å²) in [6.45, 7) is 4.36. The summed E-state index contributed by atoms with van der Waals surface area (Å²) < 4.78 is 5.16. The normalized spacial score (nSPS) is 14.6. The largest absolute Gasteiger partial charge is 0.461 e. The molecule has 0 aliphatic carbocycles. The van der Waals surface area contributed by atoms with E-state index in [0.717, 1.165) is 31.5 Å². The van der Waals surface area contributed by atoms with Crippen molar-refractivity contribution in [2.45, 2.75) is 38.3 Å². The Bertz CT molecular complexity index is 487. The van der Waals surface area contributed by atoms with Gasteiger partial charge in [0.25, 0.3) is 0 Å². The average Bonchev–Trinajstić information content (AvgIpc) is 3.10. The van der Waals surface area contributed by atoms with Crippen LogP contribution in [0.25, 0.3) is 0 Å². The SMILES string of the molecule is C=N.NC(CC(=O)OCc1ccccc1)CC(=O)N1CCCC1. The molecule has 0 bridgehead atoms. The molecule has 6 heteroatoms. The highest BCUT2D eigenvalue weighted by Gasteiger charge is 2.21. The van der Waals surface area contributed by atoms with Crippen LogP contribution >= 0.6 is 0 Å². The summed E-state index contributed by atoms with van der Waals surface area (Å²) >= 11 is 0. The van der Waals surface area contributed by atoms with Crippen molar-refractivity contribution >= 4 is 18.6 Å². The van der Waals surface area contributed by atoms with Gasteiger partial charge in [-0.3, -0.25) is 9.59 Å². The topological polar surface area (TPSA) is 96.5 Å². The number of hydrogen-bond donors (Lipinski definition) is 2. The van der Waals surface area contributed by atoms with Crippen LogP contribution in [-0.4, -0.2) is 42.6 Å². The van der Waals surface area contributed by atoms with Gasteiger partial charge in [0, 0.05) is 25.6 Å². The summed E-state index contributed by atoms with van der Waals surface area (Å²) in [7, 11) is 0. The van der Waals surface area contributed by atoms with Gasteiger partial charge in [0.05, 0.1) is 6.42 Å². The van der Waals surface area contributed by atoms with Crippen LogP contribution in [0.5, 0.6) is 0 Å². The molecule has 1 aliphatic rings. The molecule has 0 radical (unpaired) electrons. The summed E-state index contributed by atoms with van der Waals surface area (Å²) in [6, 6.07) is 9.01. The van der Waals surface area contributed by atoms with Gasteiger partial charge in [-0.2, -0.15) is 0 Å². The van der Waals surface area contributed by atoms with E-state index >= 15 is 0 Å². The van der Waals surface area contributed by atoms with Gasteiger partial charge in [-0.15, -0.1) is 0 Å². The lowest BCUT2D eigenvalue weighted by Gasteiger charge is -2.18. The molecular formula is C17H25N3O3. The summed E-state index contributed by atoms with van der Waals surface area (Å²) in [5.74, 6) is -0.323. The van der Waals surface area contributed by atoms with Gasteiger partial charge in [-0.1, -0.05) is 30.3 Å². The number of benzene rings is 1. The number of carbonyl (C=O) groups excluding carboxylic acids is 2. The van der Waals surface area contributed by atoms with Crippen molar-refractivity contribution in [3.63, 3.8) is 0 Å². The summed E-state index contributed by atoms with van der Waals surface area (Å²) in [5, 5.41) is 5.50. The number of nitrogens with two attached hydrogens (primary N) is 1. The molecule has 1 aliphatic heterocycles. The molecule has 0 spiro atoms. The second kappa shape index (κ2) is 10.5. The monoisotopic (exact) mass is 319 g/mol. The van der Waals surface area contributed by atoms with Gasteiger partial charge in [0.1, 0.15) is 6.61 Å². The lowest BCUT2D eigenvalue weighted by atomic mass is 10.1. The number of rotatable bonds is 6. The van der Waals surface area contributed by atoms with Gasteiger partial charge in [-0.25, -0.2) is 0 Å². The number of nitrogens with one attached hydrogen (secondary N) is 1. The smallest absolute Gasteiger partial charge is 0.307 e. The van der Waals surface area contributed by atoms with Crippen molar-refractivity contribution in [1.29, 1.82) is 5.41 Å². The van der Waals surface area contributed by atoms with Crippen LogP contribution in [0.2, 0.25) is 0 Å². The second-order valence-corrected chi connectivity index (χ2v) is 5.40. The van der Waals surface area contributed by atoms with Gasteiger partial charge in [-0.05, 0) is 25.1 Å². The summed E-state index contributed by atoms with van der Waals surface area (Å²) in [5.41, 5.74) is 6.80. The molecule has 2 rings (SSSR count). The van der Waals surface area contributed by atoms with Crippen molar-refractivity contribution in [2.24, 2.45) is 5.73 Å². The van der Waals surface area contributed by atoms with Crippen molar-refractivity contribution in [2.75, 3.05) is 13.1 Å². The maximum Gasteiger partial charge on any atom is 0.307 e. The molecule has 1 amide bonds. The Morgan fingerprint density at radius 1 is 1.17 bits per heavy atom. The van der Waals surface area contributed by atoms with Crippen LogP contribution in [0.15, 0.2) is 30.3 Å². The zero-order valence-electron chi connectivity index (χ0n) is 13.4. The Morgan fingerprint density at radius 3 is 2.39 bits per heavy atom. The molecular weight excluding hydrogens is 294 g/mol. The predicted molar refractivity (Wildman–Crippen MR) is 89.1 cm³/mol. The molecule has 1 aromatic carbocycles. The van der Waals surface area contributed by atoms with E-state index in [0.29, 0.717) is 0 Å². The van der Waals surface area contributed by atoms with Crippen molar-refractivity contribution < 1.29 is 14.3 Å². The first-order valence-electron chi connectivity index (χ1n) is 7.73. The molecule has 126 valence electrons. The third-order valence-electron chi connectivity index (χ3n) is 3.57. The average molecular weight is 319 g/mol. The first-order chi connectivity index (χ1) is 11.1. The van der Waals surface area contributed by atoms with E-state index in [1.165, 1.54) is 0 Å². The first-order valence-corrected chi connectivity index (χ1v) is 7.73. The third kappa shape index (κ3) is 7.06. The van der Waals surface area contributed by atoms with E-state index in [1.54, 1.807) is 0 Å².